The molecule has 0 aliphatic carbocycles. The van der Waals surface area contributed by atoms with Crippen LogP contribution in [0.3, 0.4) is 0 Å². The largest absolute Gasteiger partial charge is 0.339 e. The minimum absolute atomic E-state index is 0.510. The molecule has 0 atom stereocenters. The van der Waals surface area contributed by atoms with Crippen LogP contribution >= 0.6 is 11.8 Å². The van der Waals surface area contributed by atoms with E-state index in [-0.39, 0.29) is 0 Å². The van der Waals surface area contributed by atoms with Gasteiger partial charge in [0.25, 0.3) is 0 Å². The summed E-state index contributed by atoms with van der Waals surface area (Å²) in [4.78, 5) is 10.8. The summed E-state index contributed by atoms with van der Waals surface area (Å²) in [5.74, 6) is 3.17. The summed E-state index contributed by atoms with van der Waals surface area (Å²) in [6.07, 6.45) is 3.62. The molecular weight excluding hydrogens is 196 g/mol. The van der Waals surface area contributed by atoms with Crippen LogP contribution in [-0.4, -0.2) is 34.6 Å². The van der Waals surface area contributed by atoms with E-state index in [2.05, 4.69) is 14.9 Å². The number of thioether (sulfide) groups is 1. The molecule has 1 aromatic rings. The van der Waals surface area contributed by atoms with Gasteiger partial charge in [-0.25, -0.2) is 9.97 Å². The first-order chi connectivity index (χ1) is 6.90. The summed E-state index contributed by atoms with van der Waals surface area (Å²) in [6.45, 7) is 2.61. The standard InChI is InChI=1S/C9H14N4S/c10-5-8-6-11-9(12-7-8)13-1-3-14-4-2-13/h6-7H,1-5,10H2. The van der Waals surface area contributed by atoms with Gasteiger partial charge in [-0.3, -0.25) is 0 Å². The summed E-state index contributed by atoms with van der Waals surface area (Å²) in [5.41, 5.74) is 6.47. The molecule has 14 heavy (non-hydrogen) atoms. The Morgan fingerprint density at radius 2 is 1.93 bits per heavy atom. The lowest BCUT2D eigenvalue weighted by Crippen LogP contribution is -2.33. The van der Waals surface area contributed by atoms with Gasteiger partial charge in [0.15, 0.2) is 0 Å². The van der Waals surface area contributed by atoms with Crippen molar-refractivity contribution in [1.29, 1.82) is 0 Å². The van der Waals surface area contributed by atoms with Gasteiger partial charge in [-0.1, -0.05) is 0 Å². The van der Waals surface area contributed by atoms with Gasteiger partial charge in [-0.15, -0.1) is 0 Å². The molecule has 0 radical (unpaired) electrons. The molecule has 1 saturated heterocycles. The van der Waals surface area contributed by atoms with Gasteiger partial charge in [0.1, 0.15) is 0 Å². The van der Waals surface area contributed by atoms with Crippen LogP contribution in [0.25, 0.3) is 0 Å². The lowest BCUT2D eigenvalue weighted by atomic mass is 10.3. The Hall–Kier alpha value is -0.810. The second-order valence-corrected chi connectivity index (χ2v) is 4.42. The third-order valence-corrected chi connectivity index (χ3v) is 3.16. The van der Waals surface area contributed by atoms with Crippen molar-refractivity contribution in [3.05, 3.63) is 18.0 Å². The SMILES string of the molecule is NCc1cnc(N2CCSCC2)nc1. The van der Waals surface area contributed by atoms with Gasteiger partial charge < -0.3 is 10.6 Å². The quantitative estimate of drug-likeness (QED) is 0.770. The highest BCUT2D eigenvalue weighted by Crippen LogP contribution is 2.14. The van der Waals surface area contributed by atoms with Crippen molar-refractivity contribution >= 4 is 17.7 Å². The number of nitrogens with zero attached hydrogens (tertiary/aromatic N) is 3. The van der Waals surface area contributed by atoms with Crippen molar-refractivity contribution in [3.8, 4) is 0 Å². The average molecular weight is 210 g/mol. The lowest BCUT2D eigenvalue weighted by molar-refractivity contribution is 0.810. The van der Waals surface area contributed by atoms with Crippen LogP contribution in [0.4, 0.5) is 5.95 Å². The minimum atomic E-state index is 0.510. The third kappa shape index (κ3) is 2.16. The minimum Gasteiger partial charge on any atom is -0.339 e. The number of aromatic nitrogens is 2. The number of hydrogen-bond acceptors (Lipinski definition) is 5. The molecule has 1 aliphatic rings. The van der Waals surface area contributed by atoms with Gasteiger partial charge in [0.2, 0.25) is 5.95 Å². The molecule has 5 heteroatoms. The Balaban J connectivity index is 2.07. The van der Waals surface area contributed by atoms with Crippen molar-refractivity contribution in [2.24, 2.45) is 5.73 Å². The fourth-order valence-corrected chi connectivity index (χ4v) is 2.28. The molecule has 1 aliphatic heterocycles. The first-order valence-electron chi connectivity index (χ1n) is 4.74. The normalized spacial score (nSPS) is 17.1. The van der Waals surface area contributed by atoms with Crippen LogP contribution in [0.2, 0.25) is 0 Å². The van der Waals surface area contributed by atoms with Gasteiger partial charge >= 0.3 is 0 Å². The van der Waals surface area contributed by atoms with E-state index in [1.165, 1.54) is 11.5 Å². The van der Waals surface area contributed by atoms with E-state index in [4.69, 9.17) is 5.73 Å². The van der Waals surface area contributed by atoms with E-state index >= 15 is 0 Å². The fourth-order valence-electron chi connectivity index (χ4n) is 1.38. The predicted molar refractivity (Wildman–Crippen MR) is 59.5 cm³/mol. The Bertz CT molecular complexity index is 281. The molecule has 1 aromatic heterocycles. The van der Waals surface area contributed by atoms with E-state index in [0.717, 1.165) is 24.6 Å². The molecule has 0 unspecified atom stereocenters. The van der Waals surface area contributed by atoms with Gasteiger partial charge in [-0.2, -0.15) is 11.8 Å². The summed E-state index contributed by atoms with van der Waals surface area (Å²) in [5, 5.41) is 0. The van der Waals surface area contributed by atoms with Gasteiger partial charge in [0, 0.05) is 49.1 Å². The maximum Gasteiger partial charge on any atom is 0.225 e. The lowest BCUT2D eigenvalue weighted by Gasteiger charge is -2.26. The maximum absolute atomic E-state index is 5.48. The molecular formula is C9H14N4S. The number of nitrogens with two attached hydrogens (primary N) is 1. The monoisotopic (exact) mass is 210 g/mol. The summed E-state index contributed by atoms with van der Waals surface area (Å²) >= 11 is 1.98. The molecule has 2 rings (SSSR count). The molecule has 0 amide bonds. The van der Waals surface area contributed by atoms with Gasteiger partial charge in [0.05, 0.1) is 0 Å². The average Bonchev–Trinajstić information content (AvgIpc) is 2.30. The molecule has 0 bridgehead atoms. The first kappa shape index (κ1) is 9.73. The zero-order chi connectivity index (χ0) is 9.80. The van der Waals surface area contributed by atoms with Crippen LogP contribution in [0, 0.1) is 0 Å². The summed E-state index contributed by atoms with van der Waals surface area (Å²) < 4.78 is 0. The maximum atomic E-state index is 5.48. The number of anilines is 1. The molecule has 0 saturated carbocycles. The van der Waals surface area contributed by atoms with Crippen molar-refractivity contribution in [1.82, 2.24) is 9.97 Å². The molecule has 0 aromatic carbocycles. The molecule has 4 nitrogen and oxygen atoms in total. The van der Waals surface area contributed by atoms with Crippen LogP contribution < -0.4 is 10.6 Å². The number of rotatable bonds is 2. The Morgan fingerprint density at radius 1 is 1.29 bits per heavy atom. The van der Waals surface area contributed by atoms with Crippen LogP contribution in [0.5, 0.6) is 0 Å². The highest BCUT2D eigenvalue weighted by Gasteiger charge is 2.12. The predicted octanol–water partition coefficient (Wildman–Crippen LogP) is 0.488. The Labute approximate surface area is 87.9 Å². The number of hydrogen-bond donors (Lipinski definition) is 1. The Kier molecular flexibility index (Phi) is 3.21. The van der Waals surface area contributed by atoms with Crippen molar-refractivity contribution < 1.29 is 0 Å². The van der Waals surface area contributed by atoms with E-state index in [9.17, 15) is 0 Å². The van der Waals surface area contributed by atoms with E-state index in [1.54, 1.807) is 0 Å². The smallest absolute Gasteiger partial charge is 0.225 e. The van der Waals surface area contributed by atoms with Gasteiger partial charge in [-0.05, 0) is 0 Å². The van der Waals surface area contributed by atoms with Crippen molar-refractivity contribution in [3.63, 3.8) is 0 Å². The second-order valence-electron chi connectivity index (χ2n) is 3.19. The molecule has 1 fully saturated rings. The topological polar surface area (TPSA) is 55.0 Å². The Morgan fingerprint density at radius 3 is 2.50 bits per heavy atom. The van der Waals surface area contributed by atoms with Crippen molar-refractivity contribution in [2.75, 3.05) is 29.5 Å². The van der Waals surface area contributed by atoms with Crippen LogP contribution in [0.15, 0.2) is 12.4 Å². The highest BCUT2D eigenvalue weighted by molar-refractivity contribution is 7.99. The zero-order valence-electron chi connectivity index (χ0n) is 8.02. The molecule has 76 valence electrons. The molecule has 2 heterocycles. The zero-order valence-corrected chi connectivity index (χ0v) is 8.83. The van der Waals surface area contributed by atoms with E-state index in [1.807, 2.05) is 24.2 Å². The molecule has 0 spiro atoms. The molecule has 2 N–H and O–H groups in total. The summed E-state index contributed by atoms with van der Waals surface area (Å²) in [6, 6.07) is 0. The first-order valence-corrected chi connectivity index (χ1v) is 5.89. The second kappa shape index (κ2) is 4.61. The van der Waals surface area contributed by atoms with Crippen molar-refractivity contribution in [2.45, 2.75) is 6.54 Å². The van der Waals surface area contributed by atoms with Crippen LogP contribution in [-0.2, 0) is 6.54 Å². The summed E-state index contributed by atoms with van der Waals surface area (Å²) in [7, 11) is 0. The van der Waals surface area contributed by atoms with E-state index in [0.29, 0.717) is 6.54 Å². The van der Waals surface area contributed by atoms with E-state index < -0.39 is 0 Å². The third-order valence-electron chi connectivity index (χ3n) is 2.22. The fraction of sp³-hybridized carbons (Fsp3) is 0.556. The highest BCUT2D eigenvalue weighted by atomic mass is 32.2. The van der Waals surface area contributed by atoms with Crippen LogP contribution in [0.1, 0.15) is 5.56 Å².